The van der Waals surface area contributed by atoms with Gasteiger partial charge in [0.2, 0.25) is 6.41 Å². The van der Waals surface area contributed by atoms with Crippen molar-refractivity contribution in [1.29, 1.82) is 0 Å². The van der Waals surface area contributed by atoms with E-state index < -0.39 is 57.4 Å². The number of oxime groups is 1. The van der Waals surface area contributed by atoms with E-state index in [0.717, 1.165) is 23.5 Å². The number of nitrogens with zero attached hydrogens (tertiary/aromatic N) is 5. The number of carboxylic acids is 1. The van der Waals surface area contributed by atoms with Gasteiger partial charge < -0.3 is 30.8 Å². The molecule has 228 valence electrons. The molecule has 3 aromatic rings. The Labute approximate surface area is 245 Å². The number of fused-ring (bicyclic) bond motifs is 1. The molecular weight excluding hydrogens is 614 g/mol. The molecule has 1 aliphatic heterocycles. The van der Waals surface area contributed by atoms with Crippen molar-refractivity contribution >= 4 is 67.7 Å². The van der Waals surface area contributed by atoms with Crippen molar-refractivity contribution in [3.8, 4) is 11.5 Å². The molecule has 18 nitrogen and oxygen atoms in total. The van der Waals surface area contributed by atoms with Gasteiger partial charge in [-0.05, 0) is 26.2 Å². The third-order valence-electron chi connectivity index (χ3n) is 6.11. The number of amides is 3. The first-order chi connectivity index (χ1) is 20.3. The second-order valence-electron chi connectivity index (χ2n) is 8.99. The van der Waals surface area contributed by atoms with Gasteiger partial charge in [0, 0.05) is 17.5 Å². The van der Waals surface area contributed by atoms with Gasteiger partial charge in [0.15, 0.2) is 28.0 Å². The fourth-order valence-electron chi connectivity index (χ4n) is 4.05. The molecular formula is C23H23N7O11S2. The Morgan fingerprint density at radius 3 is 2.44 bits per heavy atom. The van der Waals surface area contributed by atoms with Crippen LogP contribution in [0, 0.1) is 0 Å². The minimum atomic E-state index is -4.81. The molecule has 3 heterocycles. The monoisotopic (exact) mass is 637 g/mol. The highest BCUT2D eigenvalue weighted by Gasteiger charge is 2.51. The summed E-state index contributed by atoms with van der Waals surface area (Å²) in [4.78, 5) is 65.2. The van der Waals surface area contributed by atoms with Crippen LogP contribution in [0.2, 0.25) is 0 Å². The van der Waals surface area contributed by atoms with Gasteiger partial charge in [-0.15, -0.1) is 11.3 Å². The Hall–Kier alpha value is -4.95. The van der Waals surface area contributed by atoms with Gasteiger partial charge >= 0.3 is 16.3 Å². The third kappa shape index (κ3) is 6.76. The number of anilines is 1. The van der Waals surface area contributed by atoms with Gasteiger partial charge in [-0.1, -0.05) is 5.16 Å². The second-order valence-corrected chi connectivity index (χ2v) is 11.1. The van der Waals surface area contributed by atoms with Crippen molar-refractivity contribution in [2.75, 3.05) is 11.9 Å². The maximum Gasteiger partial charge on any atom is 0.362 e. The Morgan fingerprint density at radius 2 is 1.84 bits per heavy atom. The van der Waals surface area contributed by atoms with Crippen LogP contribution in [0.15, 0.2) is 22.7 Å². The third-order valence-corrected chi connectivity index (χ3v) is 7.89. The van der Waals surface area contributed by atoms with Crippen LogP contribution in [0.25, 0.3) is 11.0 Å². The maximum atomic E-state index is 13.0. The molecule has 20 heteroatoms. The zero-order valence-corrected chi connectivity index (χ0v) is 23.6. The normalized spacial score (nSPS) is 16.9. The number of unbranched alkanes of at least 4 members (excludes halogenated alkanes) is 1. The van der Waals surface area contributed by atoms with E-state index in [4.69, 9.17) is 9.39 Å². The summed E-state index contributed by atoms with van der Waals surface area (Å²) in [6, 6.07) is -0.118. The van der Waals surface area contributed by atoms with Crippen molar-refractivity contribution in [2.45, 2.75) is 38.3 Å². The van der Waals surface area contributed by atoms with Crippen LogP contribution in [0.1, 0.15) is 41.6 Å². The molecule has 1 aromatic carbocycles. The highest BCUT2D eigenvalue weighted by molar-refractivity contribution is 7.84. The number of aromatic hydroxyl groups is 2. The first-order valence-corrected chi connectivity index (χ1v) is 14.5. The topological polar surface area (TPSA) is 271 Å². The molecule has 4 rings (SSSR count). The number of aryl methyl sites for hydroxylation is 1. The van der Waals surface area contributed by atoms with E-state index >= 15 is 0 Å². The van der Waals surface area contributed by atoms with Crippen LogP contribution in [0.3, 0.4) is 0 Å². The van der Waals surface area contributed by atoms with E-state index in [2.05, 4.69) is 30.7 Å². The summed E-state index contributed by atoms with van der Waals surface area (Å²) < 4.78 is 32.1. The predicted octanol–water partition coefficient (Wildman–Crippen LogP) is 0.0259. The summed E-state index contributed by atoms with van der Waals surface area (Å²) in [5.41, 5.74) is -0.354. The Morgan fingerprint density at radius 1 is 1.16 bits per heavy atom. The number of thiazole rings is 1. The molecule has 0 saturated carbocycles. The van der Waals surface area contributed by atoms with E-state index in [9.17, 15) is 42.9 Å². The van der Waals surface area contributed by atoms with Crippen molar-refractivity contribution < 1.29 is 52.3 Å². The number of nitrogens with one attached hydrogen (secondary N) is 2. The van der Waals surface area contributed by atoms with Crippen LogP contribution in [0.4, 0.5) is 5.13 Å². The molecule has 0 aliphatic carbocycles. The SMILES string of the molecule is CC1C(NC(=O)C(=NOCCCCc2nc3cc(O)c(O)cc3nc2C(=O)O)c2csc(NC=O)n2)C(=O)N1S(=O)(=O)O. The number of hydrogen-bond acceptors (Lipinski definition) is 14. The van der Waals surface area contributed by atoms with Crippen LogP contribution in [-0.4, -0.2) is 96.1 Å². The number of rotatable bonds is 13. The van der Waals surface area contributed by atoms with Crippen LogP contribution >= 0.6 is 11.3 Å². The van der Waals surface area contributed by atoms with Gasteiger partial charge in [-0.25, -0.2) is 24.1 Å². The lowest BCUT2D eigenvalue weighted by Gasteiger charge is -2.42. The fourth-order valence-corrected chi connectivity index (χ4v) is 5.59. The molecule has 1 fully saturated rings. The number of carbonyl (C=O) groups excluding carboxylic acids is 3. The minimum Gasteiger partial charge on any atom is -0.504 e. The highest BCUT2D eigenvalue weighted by atomic mass is 32.2. The van der Waals surface area contributed by atoms with E-state index in [0.29, 0.717) is 19.3 Å². The van der Waals surface area contributed by atoms with E-state index in [1.54, 1.807) is 0 Å². The van der Waals surface area contributed by atoms with Gasteiger partial charge in [0.05, 0.1) is 22.8 Å². The average Bonchev–Trinajstić information content (AvgIpc) is 3.39. The van der Waals surface area contributed by atoms with Crippen LogP contribution < -0.4 is 10.6 Å². The molecule has 0 spiro atoms. The molecule has 2 aromatic heterocycles. The minimum absolute atomic E-state index is 0.0234. The summed E-state index contributed by atoms with van der Waals surface area (Å²) in [7, 11) is -4.81. The van der Waals surface area contributed by atoms with Crippen molar-refractivity contribution in [2.24, 2.45) is 5.16 Å². The maximum absolute atomic E-state index is 13.0. The molecule has 2 atom stereocenters. The van der Waals surface area contributed by atoms with Gasteiger partial charge in [0.25, 0.3) is 11.8 Å². The lowest BCUT2D eigenvalue weighted by atomic mass is 10.0. The summed E-state index contributed by atoms with van der Waals surface area (Å²) >= 11 is 0.966. The Kier molecular flexibility index (Phi) is 9.01. The van der Waals surface area contributed by atoms with Crippen molar-refractivity contribution in [3.63, 3.8) is 0 Å². The summed E-state index contributed by atoms with van der Waals surface area (Å²) in [5, 5.41) is 38.9. The van der Waals surface area contributed by atoms with Crippen LogP contribution in [-0.2, 0) is 35.9 Å². The molecule has 43 heavy (non-hydrogen) atoms. The molecule has 2 unspecified atom stereocenters. The Bertz CT molecular complexity index is 1740. The second kappa shape index (κ2) is 12.5. The zero-order valence-electron chi connectivity index (χ0n) is 22.0. The highest BCUT2D eigenvalue weighted by Crippen LogP contribution is 2.29. The number of carboxylic acid groups (broad SMARTS) is 1. The van der Waals surface area contributed by atoms with E-state index in [-0.39, 0.29) is 50.6 Å². The van der Waals surface area contributed by atoms with E-state index in [1.165, 1.54) is 12.3 Å². The number of hydrogen-bond donors (Lipinski definition) is 6. The lowest BCUT2D eigenvalue weighted by Crippen LogP contribution is -2.71. The molecule has 0 radical (unpaired) electrons. The zero-order chi connectivity index (χ0) is 31.5. The average molecular weight is 638 g/mol. The molecule has 3 amide bonds. The number of aromatic carboxylic acids is 1. The quantitative estimate of drug-likeness (QED) is 0.0274. The summed E-state index contributed by atoms with van der Waals surface area (Å²) in [6.07, 6.45) is 1.15. The fraction of sp³-hybridized carbons (Fsp3) is 0.304. The number of aromatic nitrogens is 3. The van der Waals surface area contributed by atoms with Crippen LogP contribution in [0.5, 0.6) is 11.5 Å². The summed E-state index contributed by atoms with van der Waals surface area (Å²) in [6.45, 7) is 1.23. The standard InChI is InChI=1S/C23H23N7O11S2/c1-10-17(21(35)30(10)43(38,39)40)28-20(34)18(14-8-42-23(27-14)24-9-31)29-41-5-3-2-4-11-19(22(36)37)26-13-7-16(33)15(32)6-12(13)25-11/h6-10,17,32-33H,2-5H2,1H3,(H,28,34)(H,36,37)(H,24,27,31)(H,38,39,40). The molecule has 1 saturated heterocycles. The lowest BCUT2D eigenvalue weighted by molar-refractivity contribution is -0.143. The van der Waals surface area contributed by atoms with Gasteiger partial charge in [0.1, 0.15) is 18.3 Å². The van der Waals surface area contributed by atoms with E-state index in [1.807, 2.05) is 0 Å². The predicted molar refractivity (Wildman–Crippen MR) is 147 cm³/mol. The van der Waals surface area contributed by atoms with Gasteiger partial charge in [-0.3, -0.25) is 18.9 Å². The number of benzene rings is 1. The molecule has 0 bridgehead atoms. The largest absolute Gasteiger partial charge is 0.504 e. The molecule has 1 aliphatic rings. The first kappa shape index (κ1) is 31.0. The first-order valence-electron chi connectivity index (χ1n) is 12.2. The number of phenols is 2. The summed E-state index contributed by atoms with van der Waals surface area (Å²) in [5.74, 6) is -4.26. The number of phenolic OH excluding ortho intramolecular Hbond substituents is 2. The van der Waals surface area contributed by atoms with Crippen molar-refractivity contribution in [1.82, 2.24) is 24.6 Å². The van der Waals surface area contributed by atoms with Crippen molar-refractivity contribution in [3.05, 3.63) is 34.6 Å². The van der Waals surface area contributed by atoms with Gasteiger partial charge in [-0.2, -0.15) is 8.42 Å². The number of carbonyl (C=O) groups is 4. The Balaban J connectivity index is 1.42. The smallest absolute Gasteiger partial charge is 0.362 e. The molecule has 6 N–H and O–H groups in total. The number of β-lactam (4-membered cyclic amide) rings is 1.